The summed E-state index contributed by atoms with van der Waals surface area (Å²) in [6.07, 6.45) is -0.231. The van der Waals surface area contributed by atoms with Crippen LogP contribution in [0, 0.1) is 0 Å². The quantitative estimate of drug-likeness (QED) is 0.168. The Morgan fingerprint density at radius 3 is 2.63 bits per heavy atom. The number of para-hydroxylation sites is 2. The van der Waals surface area contributed by atoms with Crippen LogP contribution >= 0.6 is 23.1 Å². The molecule has 1 saturated heterocycles. The molecule has 10 heteroatoms. The summed E-state index contributed by atoms with van der Waals surface area (Å²) in [5.41, 5.74) is 7.86. The van der Waals surface area contributed by atoms with Gasteiger partial charge in [0.05, 0.1) is 10.2 Å². The maximum Gasteiger partial charge on any atom is 0.224 e. The van der Waals surface area contributed by atoms with Crippen molar-refractivity contribution in [3.63, 3.8) is 0 Å². The first kappa shape index (κ1) is 23.2. The molecule has 1 fully saturated rings. The highest BCUT2D eigenvalue weighted by atomic mass is 32.2. The van der Waals surface area contributed by atoms with Gasteiger partial charge in [-0.2, -0.15) is 0 Å². The summed E-state index contributed by atoms with van der Waals surface area (Å²) in [5, 5.41) is 9.21. The third kappa shape index (κ3) is 6.30. The van der Waals surface area contributed by atoms with Crippen molar-refractivity contribution >= 4 is 50.9 Å². The van der Waals surface area contributed by atoms with Gasteiger partial charge in [0.1, 0.15) is 11.5 Å². The van der Waals surface area contributed by atoms with Crippen LogP contribution in [-0.4, -0.2) is 34.9 Å². The van der Waals surface area contributed by atoms with E-state index in [2.05, 4.69) is 32.0 Å². The van der Waals surface area contributed by atoms with E-state index in [1.807, 2.05) is 72.8 Å². The number of guanidine groups is 1. The highest BCUT2D eigenvalue weighted by Crippen LogP contribution is 2.30. The SMILES string of the molecule is N/C(=N\C1NC(=O)CC(CSc2nc3ccccc3s2)N1)Nc1ccc(Oc2ccccc2)cc1. The van der Waals surface area contributed by atoms with Crippen molar-refractivity contribution in [3.05, 3.63) is 78.9 Å². The van der Waals surface area contributed by atoms with Gasteiger partial charge in [-0.05, 0) is 48.5 Å². The lowest BCUT2D eigenvalue weighted by molar-refractivity contribution is -0.124. The van der Waals surface area contributed by atoms with Crippen LogP contribution in [-0.2, 0) is 4.79 Å². The number of amides is 1. The minimum Gasteiger partial charge on any atom is -0.457 e. The number of carbonyl (C=O) groups is 1. The Labute approximate surface area is 211 Å². The number of aromatic nitrogens is 1. The Bertz CT molecular complexity index is 1290. The Kier molecular flexibility index (Phi) is 7.12. The zero-order valence-corrected chi connectivity index (χ0v) is 20.3. The number of hydrogen-bond donors (Lipinski definition) is 4. The van der Waals surface area contributed by atoms with Crippen molar-refractivity contribution < 1.29 is 9.53 Å². The second-order valence-electron chi connectivity index (χ2n) is 7.88. The molecule has 1 aromatic heterocycles. The molecule has 0 radical (unpaired) electrons. The van der Waals surface area contributed by atoms with Gasteiger partial charge in [-0.3, -0.25) is 10.1 Å². The maximum atomic E-state index is 12.2. The highest BCUT2D eigenvalue weighted by molar-refractivity contribution is 8.01. The van der Waals surface area contributed by atoms with Crippen LogP contribution in [0.3, 0.4) is 0 Å². The van der Waals surface area contributed by atoms with Crippen molar-refractivity contribution in [1.82, 2.24) is 15.6 Å². The van der Waals surface area contributed by atoms with Crippen LogP contribution in [0.15, 0.2) is 88.2 Å². The average molecular weight is 505 g/mol. The summed E-state index contributed by atoms with van der Waals surface area (Å²) in [6.45, 7) is 0. The van der Waals surface area contributed by atoms with Crippen LogP contribution in [0.1, 0.15) is 6.42 Å². The van der Waals surface area contributed by atoms with Crippen molar-refractivity contribution in [1.29, 1.82) is 0 Å². The lowest BCUT2D eigenvalue weighted by Gasteiger charge is -2.29. The van der Waals surface area contributed by atoms with Gasteiger partial charge >= 0.3 is 0 Å². The molecule has 5 rings (SSSR count). The van der Waals surface area contributed by atoms with Gasteiger partial charge in [-0.15, -0.1) is 11.3 Å². The Balaban J connectivity index is 1.15. The molecule has 2 heterocycles. The number of hydrogen-bond acceptors (Lipinski definition) is 7. The minimum atomic E-state index is -0.606. The summed E-state index contributed by atoms with van der Waals surface area (Å²) in [5.74, 6) is 2.31. The van der Waals surface area contributed by atoms with Gasteiger partial charge in [0.2, 0.25) is 5.91 Å². The first-order valence-electron chi connectivity index (χ1n) is 11.1. The number of thiazole rings is 1. The first-order chi connectivity index (χ1) is 17.1. The molecule has 35 heavy (non-hydrogen) atoms. The van der Waals surface area contributed by atoms with E-state index in [9.17, 15) is 4.79 Å². The molecule has 178 valence electrons. The van der Waals surface area contributed by atoms with Crippen molar-refractivity contribution in [2.45, 2.75) is 23.1 Å². The molecule has 2 atom stereocenters. The van der Waals surface area contributed by atoms with Crippen molar-refractivity contribution in [3.8, 4) is 11.5 Å². The number of thioether (sulfide) groups is 1. The molecule has 2 unspecified atom stereocenters. The number of anilines is 1. The second-order valence-corrected chi connectivity index (χ2v) is 10.2. The molecule has 8 nitrogen and oxygen atoms in total. The summed E-state index contributed by atoms with van der Waals surface area (Å²) in [7, 11) is 0. The fraction of sp³-hybridized carbons (Fsp3) is 0.160. The summed E-state index contributed by atoms with van der Waals surface area (Å²) >= 11 is 3.30. The third-order valence-corrected chi connectivity index (χ3v) is 7.52. The number of rotatable bonds is 7. The second kappa shape index (κ2) is 10.8. The van der Waals surface area contributed by atoms with Crippen LogP contribution in [0.25, 0.3) is 10.2 Å². The molecule has 1 amide bonds. The van der Waals surface area contributed by atoms with Gasteiger partial charge in [-0.1, -0.05) is 42.1 Å². The van der Waals surface area contributed by atoms with Crippen LogP contribution in [0.4, 0.5) is 5.69 Å². The molecule has 1 aliphatic heterocycles. The zero-order valence-electron chi connectivity index (χ0n) is 18.7. The van der Waals surface area contributed by atoms with Crippen LogP contribution in [0.5, 0.6) is 11.5 Å². The number of aliphatic imine (C=N–C) groups is 1. The number of nitrogens with two attached hydrogens (primary N) is 1. The first-order valence-corrected chi connectivity index (χ1v) is 12.9. The fourth-order valence-corrected chi connectivity index (χ4v) is 5.70. The molecule has 0 bridgehead atoms. The Hall–Kier alpha value is -3.60. The predicted octanol–water partition coefficient (Wildman–Crippen LogP) is 4.37. The fourth-order valence-electron chi connectivity index (χ4n) is 3.57. The Morgan fingerprint density at radius 1 is 1.09 bits per heavy atom. The monoisotopic (exact) mass is 504 g/mol. The maximum absolute atomic E-state index is 12.2. The standard InChI is InChI=1S/C25H24N6O2S2/c26-23(27-16-10-12-19(13-11-16)33-18-6-2-1-3-7-18)31-24-28-17(14-22(32)30-24)15-34-25-29-20-8-4-5-9-21(20)35-25/h1-13,17,24,28H,14-15H2,(H,30,32)(H3,26,27,31). The largest absolute Gasteiger partial charge is 0.457 e. The summed E-state index contributed by atoms with van der Waals surface area (Å²) < 4.78 is 7.95. The van der Waals surface area contributed by atoms with Gasteiger partial charge < -0.3 is 21.1 Å². The van der Waals surface area contributed by atoms with Crippen LogP contribution in [0.2, 0.25) is 0 Å². The molecule has 4 aromatic rings. The van der Waals surface area contributed by atoms with E-state index in [-0.39, 0.29) is 17.9 Å². The molecule has 0 aliphatic carbocycles. The lowest BCUT2D eigenvalue weighted by atomic mass is 10.2. The van der Waals surface area contributed by atoms with Gasteiger partial charge in [-0.25, -0.2) is 9.98 Å². The normalized spacial score (nSPS) is 18.3. The minimum absolute atomic E-state index is 0.0447. The van der Waals surface area contributed by atoms with E-state index >= 15 is 0 Å². The van der Waals surface area contributed by atoms with E-state index in [0.29, 0.717) is 17.9 Å². The number of carbonyl (C=O) groups excluding carboxylic acids is 1. The van der Waals surface area contributed by atoms with Gasteiger partial charge in [0, 0.05) is 23.9 Å². The molecule has 0 saturated carbocycles. The van der Waals surface area contributed by atoms with Gasteiger partial charge in [0.25, 0.3) is 0 Å². The topological polar surface area (TPSA) is 114 Å². The van der Waals surface area contributed by atoms with E-state index in [1.165, 1.54) is 0 Å². The number of nitrogens with one attached hydrogen (secondary N) is 3. The molecular weight excluding hydrogens is 480 g/mol. The number of benzene rings is 3. The van der Waals surface area contributed by atoms with E-state index in [4.69, 9.17) is 10.5 Å². The molecule has 5 N–H and O–H groups in total. The summed E-state index contributed by atoms with van der Waals surface area (Å²) in [6, 6.07) is 25.0. The van der Waals surface area contributed by atoms with Gasteiger partial charge in [0.15, 0.2) is 16.6 Å². The number of fused-ring (bicyclic) bond motifs is 1. The summed E-state index contributed by atoms with van der Waals surface area (Å²) in [4.78, 5) is 21.3. The van der Waals surface area contributed by atoms with E-state index in [1.54, 1.807) is 23.1 Å². The molecular formula is C25H24N6O2S2. The van der Waals surface area contributed by atoms with E-state index in [0.717, 1.165) is 26.0 Å². The molecule has 3 aromatic carbocycles. The zero-order chi connectivity index (χ0) is 24.0. The number of nitrogens with zero attached hydrogens (tertiary/aromatic N) is 2. The van der Waals surface area contributed by atoms with E-state index < -0.39 is 6.29 Å². The molecule has 0 spiro atoms. The smallest absolute Gasteiger partial charge is 0.224 e. The van der Waals surface area contributed by atoms with Crippen molar-refractivity contribution in [2.24, 2.45) is 10.7 Å². The van der Waals surface area contributed by atoms with Crippen LogP contribution < -0.4 is 26.4 Å². The Morgan fingerprint density at radius 2 is 1.83 bits per heavy atom. The lowest BCUT2D eigenvalue weighted by Crippen LogP contribution is -2.57. The predicted molar refractivity (Wildman–Crippen MR) is 142 cm³/mol. The highest BCUT2D eigenvalue weighted by Gasteiger charge is 2.26. The number of ether oxygens (including phenoxy) is 1. The third-order valence-electron chi connectivity index (χ3n) is 5.18. The van der Waals surface area contributed by atoms with Crippen molar-refractivity contribution in [2.75, 3.05) is 11.1 Å². The molecule has 1 aliphatic rings. The average Bonchev–Trinajstić information content (AvgIpc) is 3.27.